The van der Waals surface area contributed by atoms with E-state index in [1.807, 2.05) is 48.5 Å². The summed E-state index contributed by atoms with van der Waals surface area (Å²) in [6.07, 6.45) is 0. The molecule has 0 aliphatic rings. The second-order valence-electron chi connectivity index (χ2n) is 5.95. The number of nitrogen functional groups attached to an aromatic ring is 1. The molecule has 0 atom stereocenters. The second-order valence-corrected chi connectivity index (χ2v) is 6.86. The topological polar surface area (TPSA) is 51.8 Å². The van der Waals surface area contributed by atoms with Crippen LogP contribution in [0, 0.1) is 0 Å². The van der Waals surface area contributed by atoms with Crippen LogP contribution >= 0.6 is 15.9 Å². The van der Waals surface area contributed by atoms with Crippen molar-refractivity contribution in [3.63, 3.8) is 0 Å². The zero-order valence-corrected chi connectivity index (χ0v) is 15.5. The van der Waals surface area contributed by atoms with Crippen LogP contribution in [0.2, 0.25) is 0 Å². The minimum atomic E-state index is 0.271. The first-order valence-corrected chi connectivity index (χ1v) is 9.05. The van der Waals surface area contributed by atoms with Gasteiger partial charge in [0.25, 0.3) is 0 Å². The van der Waals surface area contributed by atoms with Gasteiger partial charge in [-0.15, -0.1) is 0 Å². The average Bonchev–Trinajstić information content (AvgIpc) is 2.69. The lowest BCUT2D eigenvalue weighted by Gasteiger charge is -2.08. The molecule has 4 aromatic rings. The van der Waals surface area contributed by atoms with Gasteiger partial charge in [-0.1, -0.05) is 82.7 Å². The molecule has 0 aliphatic carbocycles. The lowest BCUT2D eigenvalue weighted by molar-refractivity contribution is 1.19. The molecular formula is C22H16BrN3. The number of rotatable bonds is 3. The van der Waals surface area contributed by atoms with Gasteiger partial charge in [0.1, 0.15) is 0 Å². The maximum atomic E-state index is 5.95. The van der Waals surface area contributed by atoms with Crippen molar-refractivity contribution in [2.45, 2.75) is 0 Å². The van der Waals surface area contributed by atoms with Gasteiger partial charge in [0.2, 0.25) is 5.95 Å². The van der Waals surface area contributed by atoms with E-state index in [1.54, 1.807) is 0 Å². The first kappa shape index (κ1) is 16.5. The molecule has 0 fully saturated rings. The van der Waals surface area contributed by atoms with Gasteiger partial charge in [-0.25, -0.2) is 9.97 Å². The summed E-state index contributed by atoms with van der Waals surface area (Å²) in [5, 5.41) is 0. The van der Waals surface area contributed by atoms with Gasteiger partial charge in [-0.3, -0.25) is 0 Å². The molecule has 126 valence electrons. The standard InChI is InChI=1S/C22H16BrN3/c23-19-12-10-18(11-13-19)21-14-20(25-22(24)26-21)17-8-6-16(7-9-17)15-4-2-1-3-5-15/h1-14H,(H2,24,25,26). The smallest absolute Gasteiger partial charge is 0.221 e. The molecule has 0 bridgehead atoms. The average molecular weight is 402 g/mol. The SMILES string of the molecule is Nc1nc(-c2ccc(Br)cc2)cc(-c2ccc(-c3ccccc3)cc2)n1. The van der Waals surface area contributed by atoms with Gasteiger partial charge in [-0.05, 0) is 29.3 Å². The van der Waals surface area contributed by atoms with Gasteiger partial charge in [-0.2, -0.15) is 0 Å². The third kappa shape index (κ3) is 3.51. The summed E-state index contributed by atoms with van der Waals surface area (Å²) in [4.78, 5) is 8.78. The van der Waals surface area contributed by atoms with E-state index < -0.39 is 0 Å². The van der Waals surface area contributed by atoms with E-state index in [1.165, 1.54) is 11.1 Å². The normalized spacial score (nSPS) is 10.7. The van der Waals surface area contributed by atoms with E-state index in [4.69, 9.17) is 5.73 Å². The third-order valence-electron chi connectivity index (χ3n) is 4.17. The molecule has 0 saturated carbocycles. The third-order valence-corrected chi connectivity index (χ3v) is 4.70. The Morgan fingerprint density at radius 1 is 0.577 bits per heavy atom. The van der Waals surface area contributed by atoms with Crippen LogP contribution in [-0.4, -0.2) is 9.97 Å². The summed E-state index contributed by atoms with van der Waals surface area (Å²) in [7, 11) is 0. The molecule has 3 aromatic carbocycles. The molecule has 4 heteroatoms. The van der Waals surface area contributed by atoms with Crippen molar-refractivity contribution in [1.29, 1.82) is 0 Å². The first-order valence-electron chi connectivity index (χ1n) is 8.25. The summed E-state index contributed by atoms with van der Waals surface area (Å²) in [5.41, 5.74) is 12.0. The number of anilines is 1. The second kappa shape index (κ2) is 7.10. The highest BCUT2D eigenvalue weighted by Crippen LogP contribution is 2.27. The van der Waals surface area contributed by atoms with E-state index in [-0.39, 0.29) is 5.95 Å². The molecule has 3 nitrogen and oxygen atoms in total. The fourth-order valence-electron chi connectivity index (χ4n) is 2.85. The van der Waals surface area contributed by atoms with Gasteiger partial charge < -0.3 is 5.73 Å². The van der Waals surface area contributed by atoms with Crippen LogP contribution in [0.5, 0.6) is 0 Å². The van der Waals surface area contributed by atoms with Crippen LogP contribution in [0.1, 0.15) is 0 Å². The number of nitrogens with two attached hydrogens (primary N) is 1. The largest absolute Gasteiger partial charge is 0.368 e. The van der Waals surface area contributed by atoms with Crippen LogP contribution < -0.4 is 5.73 Å². The Morgan fingerprint density at radius 3 is 1.62 bits per heavy atom. The molecule has 0 spiro atoms. The molecule has 0 aliphatic heterocycles. The number of nitrogens with zero attached hydrogens (tertiary/aromatic N) is 2. The fourth-order valence-corrected chi connectivity index (χ4v) is 3.11. The monoisotopic (exact) mass is 401 g/mol. The molecule has 26 heavy (non-hydrogen) atoms. The fraction of sp³-hybridized carbons (Fsp3) is 0. The van der Waals surface area contributed by atoms with Crippen molar-refractivity contribution in [2.24, 2.45) is 0 Å². The lowest BCUT2D eigenvalue weighted by atomic mass is 10.0. The Labute approximate surface area is 160 Å². The summed E-state index contributed by atoms with van der Waals surface area (Å²) in [5.74, 6) is 0.271. The van der Waals surface area contributed by atoms with E-state index in [2.05, 4.69) is 62.3 Å². The molecule has 1 aromatic heterocycles. The summed E-state index contributed by atoms with van der Waals surface area (Å²) in [6.45, 7) is 0. The molecule has 4 rings (SSSR count). The predicted molar refractivity (Wildman–Crippen MR) is 110 cm³/mol. The molecule has 2 N–H and O–H groups in total. The summed E-state index contributed by atoms with van der Waals surface area (Å²) in [6, 6.07) is 28.6. The molecule has 0 saturated heterocycles. The van der Waals surface area contributed by atoms with E-state index >= 15 is 0 Å². The Morgan fingerprint density at radius 2 is 1.04 bits per heavy atom. The molecule has 0 radical (unpaired) electrons. The maximum absolute atomic E-state index is 5.95. The highest BCUT2D eigenvalue weighted by Gasteiger charge is 2.08. The van der Waals surface area contributed by atoms with Gasteiger partial charge in [0.15, 0.2) is 0 Å². The van der Waals surface area contributed by atoms with Gasteiger partial charge >= 0.3 is 0 Å². The number of hydrogen-bond acceptors (Lipinski definition) is 3. The summed E-state index contributed by atoms with van der Waals surface area (Å²) >= 11 is 3.45. The summed E-state index contributed by atoms with van der Waals surface area (Å²) < 4.78 is 1.03. The predicted octanol–water partition coefficient (Wildman–Crippen LogP) is 5.82. The molecule has 0 unspecified atom stereocenters. The molecular weight excluding hydrogens is 386 g/mol. The number of hydrogen-bond donors (Lipinski definition) is 1. The molecule has 0 amide bonds. The Kier molecular flexibility index (Phi) is 4.50. The van der Waals surface area contributed by atoms with Crippen molar-refractivity contribution >= 4 is 21.9 Å². The van der Waals surface area contributed by atoms with Crippen LogP contribution in [0.15, 0.2) is 89.4 Å². The Hall–Kier alpha value is -2.98. The molecule has 1 heterocycles. The highest BCUT2D eigenvalue weighted by molar-refractivity contribution is 9.10. The van der Waals surface area contributed by atoms with Crippen molar-refractivity contribution in [3.05, 3.63) is 89.4 Å². The van der Waals surface area contributed by atoms with E-state index in [0.29, 0.717) is 0 Å². The minimum Gasteiger partial charge on any atom is -0.368 e. The van der Waals surface area contributed by atoms with Crippen LogP contribution in [-0.2, 0) is 0 Å². The Balaban J connectivity index is 1.70. The van der Waals surface area contributed by atoms with Crippen molar-refractivity contribution in [3.8, 4) is 33.6 Å². The van der Waals surface area contributed by atoms with Crippen LogP contribution in [0.3, 0.4) is 0 Å². The quantitative estimate of drug-likeness (QED) is 0.470. The van der Waals surface area contributed by atoms with E-state index in [9.17, 15) is 0 Å². The number of halogens is 1. The maximum Gasteiger partial charge on any atom is 0.221 e. The highest BCUT2D eigenvalue weighted by atomic mass is 79.9. The number of aromatic nitrogens is 2. The van der Waals surface area contributed by atoms with E-state index in [0.717, 1.165) is 27.0 Å². The van der Waals surface area contributed by atoms with Crippen LogP contribution in [0.4, 0.5) is 5.95 Å². The number of benzene rings is 3. The zero-order chi connectivity index (χ0) is 17.9. The Bertz CT molecular complexity index is 1030. The van der Waals surface area contributed by atoms with Crippen molar-refractivity contribution in [1.82, 2.24) is 9.97 Å². The van der Waals surface area contributed by atoms with Crippen molar-refractivity contribution in [2.75, 3.05) is 5.73 Å². The van der Waals surface area contributed by atoms with Crippen molar-refractivity contribution < 1.29 is 0 Å². The first-order chi connectivity index (χ1) is 12.7. The zero-order valence-electron chi connectivity index (χ0n) is 13.9. The minimum absolute atomic E-state index is 0.271. The lowest BCUT2D eigenvalue weighted by Crippen LogP contribution is -1.98. The van der Waals surface area contributed by atoms with Gasteiger partial charge in [0, 0.05) is 15.6 Å². The van der Waals surface area contributed by atoms with Gasteiger partial charge in [0.05, 0.1) is 11.4 Å². The van der Waals surface area contributed by atoms with Crippen LogP contribution in [0.25, 0.3) is 33.6 Å².